The molecule has 0 aliphatic heterocycles. The second-order valence-corrected chi connectivity index (χ2v) is 0.713. The summed E-state index contributed by atoms with van der Waals surface area (Å²) in [6, 6.07) is 0. The molecule has 0 unspecified atom stereocenters. The predicted molar refractivity (Wildman–Crippen MR) is 25.3 cm³/mol. The summed E-state index contributed by atoms with van der Waals surface area (Å²) < 4.78 is 29.4. The van der Waals surface area contributed by atoms with Crippen LogP contribution in [0.4, 0.5) is 27.6 Å². The third kappa shape index (κ3) is 1160. The first-order valence-corrected chi connectivity index (χ1v) is 1.79. The summed E-state index contributed by atoms with van der Waals surface area (Å²) in [7, 11) is 0. The monoisotopic (exact) mass is 316 g/mol. The van der Waals surface area contributed by atoms with E-state index in [-0.39, 0.29) is 96.9 Å². The zero-order valence-corrected chi connectivity index (χ0v) is 13.4. The van der Waals surface area contributed by atoms with Crippen molar-refractivity contribution in [2.45, 2.75) is 0 Å². The van der Waals surface area contributed by atoms with Crippen LogP contribution in [0.2, 0.25) is 0 Å². The minimum absolute atomic E-state index is 0. The van der Waals surface area contributed by atoms with Crippen molar-refractivity contribution in [3.63, 3.8) is 0 Å². The Labute approximate surface area is 155 Å². The van der Waals surface area contributed by atoms with Crippen molar-refractivity contribution in [2.24, 2.45) is 0 Å². The van der Waals surface area contributed by atoms with Crippen molar-refractivity contribution in [1.82, 2.24) is 0 Å². The van der Waals surface area contributed by atoms with Crippen molar-refractivity contribution in [3.8, 4) is 0 Å². The van der Waals surface area contributed by atoms with E-state index in [1.807, 2.05) is 0 Å². The van der Waals surface area contributed by atoms with E-state index in [0.717, 1.165) is 0 Å². The van der Waals surface area contributed by atoms with Crippen molar-refractivity contribution < 1.29 is 94.3 Å². The number of carboxylic acid groups (broad SMARTS) is 3. The molecule has 0 aliphatic carbocycles. The smallest absolute Gasteiger partial charge is 0.520 e. The molecule has 0 spiro atoms. The van der Waals surface area contributed by atoms with E-state index in [9.17, 15) is 13.2 Å². The van der Waals surface area contributed by atoms with E-state index >= 15 is 0 Å². The molecule has 0 aromatic rings. The van der Waals surface area contributed by atoms with Crippen LogP contribution in [-0.2, 0) is 0 Å². The molecule has 72 valence electrons. The number of halogens is 3. The molecule has 0 atom stereocenters. The van der Waals surface area contributed by atoms with E-state index in [1.165, 1.54) is 0 Å². The van der Waals surface area contributed by atoms with Gasteiger partial charge in [0, 0.05) is 0 Å². The topological polar surface area (TPSA) is 120 Å². The molecule has 14 heavy (non-hydrogen) atoms. The van der Waals surface area contributed by atoms with Gasteiger partial charge in [-0.3, -0.25) is 0 Å². The van der Waals surface area contributed by atoms with Gasteiger partial charge in [-0.05, 0) is 0 Å². The molecule has 0 aromatic carbocycles. The van der Waals surface area contributed by atoms with Gasteiger partial charge in [-0.2, -0.15) is 13.2 Å². The van der Waals surface area contributed by atoms with Gasteiger partial charge in [0.2, 0.25) is 18.7 Å². The van der Waals surface area contributed by atoms with Gasteiger partial charge in [0.1, 0.15) is 0 Å². The van der Waals surface area contributed by atoms with E-state index in [0.29, 0.717) is 0 Å². The zero-order chi connectivity index (χ0) is 10.7. The van der Waals surface area contributed by atoms with Crippen LogP contribution in [0.3, 0.4) is 0 Å². The molecule has 11 heteroatoms. The van der Waals surface area contributed by atoms with Gasteiger partial charge in [-0.1, -0.05) is 0 Å². The summed E-state index contributed by atoms with van der Waals surface area (Å²) in [6.45, 7) is 0. The molecule has 0 aromatic heterocycles. The van der Waals surface area contributed by atoms with Crippen LogP contribution in [0.1, 0.15) is 0 Å². The van der Waals surface area contributed by atoms with Crippen LogP contribution in [0, 0.1) is 0 Å². The predicted octanol–water partition coefficient (Wildman–Crippen LogP) is -5.48. The van der Waals surface area contributed by atoms with Crippen LogP contribution < -0.4 is 66.7 Å². The minimum Gasteiger partial charge on any atom is -0.520 e. The first kappa shape index (κ1) is 29.5. The molecule has 0 fully saturated rings. The number of carbonyl (C=O) groups is 3. The quantitative estimate of drug-likeness (QED) is 0.325. The fraction of sp³-hybridized carbons (Fsp3) is 0. The Bertz CT molecular complexity index is 126. The van der Waals surface area contributed by atoms with Crippen LogP contribution in [0.5, 0.6) is 0 Å². The molecular weight excluding hydrogens is 316 g/mol. The Morgan fingerprint density at radius 1 is 0.714 bits per heavy atom. The fourth-order valence-electron chi connectivity index (χ4n) is 0. The number of carbonyl (C=O) groups excluding carboxylic acids is 3. The molecule has 0 rings (SSSR count). The zero-order valence-electron chi connectivity index (χ0n) is 6.79. The third-order valence-electron chi connectivity index (χ3n) is 0. The van der Waals surface area contributed by atoms with Crippen LogP contribution >= 0.6 is 0 Å². The molecule has 0 N–H and O–H groups in total. The van der Waals surface area contributed by atoms with Gasteiger partial charge in [-0.25, -0.2) is 0 Å². The second-order valence-electron chi connectivity index (χ2n) is 0.713. The molecule has 0 amide bonds. The van der Waals surface area contributed by atoms with Crippen LogP contribution in [-0.4, -0.2) is 64.2 Å². The first-order chi connectivity index (χ1) is 5.20. The van der Waals surface area contributed by atoms with Gasteiger partial charge in [0.05, 0.1) is 0 Å². The summed E-state index contributed by atoms with van der Waals surface area (Å²) in [6.07, 6.45) is -7.75. The average Bonchev–Trinajstić information content (AvgIpc) is 1.54. The molecule has 0 saturated heterocycles. The maximum atomic E-state index is 9.81. The maximum Gasteiger partial charge on any atom is 2.00 e. The molecule has 0 aliphatic rings. The Morgan fingerprint density at radius 2 is 0.714 bits per heavy atom. The Morgan fingerprint density at radius 3 is 0.714 bits per heavy atom. The van der Waals surface area contributed by atoms with Crippen LogP contribution in [0.25, 0.3) is 0 Å². The van der Waals surface area contributed by atoms with Gasteiger partial charge in [0.15, 0.2) is 0 Å². The van der Waals surface area contributed by atoms with Crippen LogP contribution in [0.15, 0.2) is 0 Å². The van der Waals surface area contributed by atoms with Crippen molar-refractivity contribution >= 4 is 64.2 Å². The van der Waals surface area contributed by atoms with Gasteiger partial charge in [0.25, 0.3) is 0 Å². The Kier molecular flexibility index (Phi) is 50.3. The standard InChI is InChI=1S/3CHFO2.K.Sr/c3*2-1(3)4;;/h3*(H,3,4);;/q;;;+1;+2/p-3. The molecule has 0 heterocycles. The number of hydrogen-bond acceptors (Lipinski definition) is 6. The Balaban J connectivity index is -0.0000000270. The Hall–Kier alpha value is 1.32. The van der Waals surface area contributed by atoms with Gasteiger partial charge >= 0.3 is 96.9 Å². The van der Waals surface area contributed by atoms with Crippen molar-refractivity contribution in [2.75, 3.05) is 0 Å². The SMILES string of the molecule is O=C([O-])F.O=C([O-])F.O=C([O-])F.[K+].[Sr+2]. The third-order valence-corrected chi connectivity index (χ3v) is 0. The summed E-state index contributed by atoms with van der Waals surface area (Å²) in [5, 5.41) is 24.7. The summed E-state index contributed by atoms with van der Waals surface area (Å²) >= 11 is 0. The molecular formula is C3F3KO6Sr. The maximum absolute atomic E-state index is 9.81. The normalized spacial score (nSPS) is 5.36. The fourth-order valence-corrected chi connectivity index (χ4v) is 0. The number of rotatable bonds is 0. The van der Waals surface area contributed by atoms with E-state index < -0.39 is 18.7 Å². The summed E-state index contributed by atoms with van der Waals surface area (Å²) in [5.74, 6) is 0. The number of hydrogen-bond donors (Lipinski definition) is 0. The molecule has 0 radical (unpaired) electrons. The summed E-state index contributed by atoms with van der Waals surface area (Å²) in [4.78, 5) is 24.7. The average molecular weight is 316 g/mol. The minimum atomic E-state index is -2.58. The van der Waals surface area contributed by atoms with E-state index in [4.69, 9.17) is 29.7 Å². The molecule has 6 nitrogen and oxygen atoms in total. The van der Waals surface area contributed by atoms with Crippen molar-refractivity contribution in [1.29, 1.82) is 0 Å². The van der Waals surface area contributed by atoms with Gasteiger partial charge < -0.3 is 29.7 Å². The van der Waals surface area contributed by atoms with E-state index in [1.54, 1.807) is 0 Å². The van der Waals surface area contributed by atoms with E-state index in [2.05, 4.69) is 0 Å². The molecule has 0 saturated carbocycles. The van der Waals surface area contributed by atoms with Gasteiger partial charge in [-0.15, -0.1) is 0 Å². The second kappa shape index (κ2) is 23.9. The van der Waals surface area contributed by atoms with Crippen molar-refractivity contribution in [3.05, 3.63) is 0 Å². The summed E-state index contributed by atoms with van der Waals surface area (Å²) in [5.41, 5.74) is 0. The largest absolute Gasteiger partial charge is 2.00 e. The molecule has 0 bridgehead atoms. The first-order valence-electron chi connectivity index (χ1n) is 1.79.